The van der Waals surface area contributed by atoms with E-state index in [0.717, 1.165) is 6.42 Å². The van der Waals surface area contributed by atoms with Crippen LogP contribution in [0.1, 0.15) is 37.0 Å². The van der Waals surface area contributed by atoms with Crippen molar-refractivity contribution in [1.82, 2.24) is 0 Å². The van der Waals surface area contributed by atoms with E-state index in [1.165, 1.54) is 16.7 Å². The van der Waals surface area contributed by atoms with Crippen LogP contribution in [0.4, 0.5) is 0 Å². The summed E-state index contributed by atoms with van der Waals surface area (Å²) in [6, 6.07) is 0. The molecule has 0 amide bonds. The molecule has 0 spiro atoms. The fourth-order valence-corrected chi connectivity index (χ4v) is 1.50. The van der Waals surface area contributed by atoms with E-state index in [9.17, 15) is 0 Å². The van der Waals surface area contributed by atoms with E-state index in [-0.39, 0.29) is 29.1 Å². The van der Waals surface area contributed by atoms with Crippen molar-refractivity contribution in [3.8, 4) is 0 Å². The van der Waals surface area contributed by atoms with Crippen molar-refractivity contribution in [3.63, 3.8) is 0 Å². The summed E-state index contributed by atoms with van der Waals surface area (Å²) >= 11 is 0. The molecule has 0 heterocycles. The fourth-order valence-electron chi connectivity index (χ4n) is 1.50. The summed E-state index contributed by atoms with van der Waals surface area (Å²) in [7, 11) is 0. The molecule has 2 rings (SSSR count). The maximum absolute atomic E-state index is 3.36. The van der Waals surface area contributed by atoms with Gasteiger partial charge in [-0.3, -0.25) is 12.2 Å². The third-order valence-corrected chi connectivity index (χ3v) is 2.82. The minimum Gasteiger partial charge on any atom is -1.00 e. The zero-order valence-corrected chi connectivity index (χ0v) is 12.5. The van der Waals surface area contributed by atoms with Crippen LogP contribution in [-0.4, -0.2) is 0 Å². The molecule has 0 aromatic carbocycles. The van der Waals surface area contributed by atoms with E-state index in [1.54, 1.807) is 0 Å². The number of rotatable bonds is 0. The molecule has 0 radical (unpaired) electrons. The second-order valence-electron chi connectivity index (χ2n) is 3.80. The van der Waals surface area contributed by atoms with Crippen molar-refractivity contribution in [1.29, 1.82) is 0 Å². The monoisotopic (exact) mass is 278 g/mol. The van der Waals surface area contributed by atoms with E-state index in [1.807, 2.05) is 12.2 Å². The maximum Gasteiger partial charge on any atom is 4.00 e. The molecule has 1 unspecified atom stereocenters. The van der Waals surface area contributed by atoms with Gasteiger partial charge < -0.3 is 2.85 Å². The van der Waals surface area contributed by atoms with Gasteiger partial charge in [0.1, 0.15) is 0 Å². The zero-order valence-electron chi connectivity index (χ0n) is 12.0. The average molecular weight is 280 g/mol. The Morgan fingerprint density at radius 3 is 2.13 bits per heavy atom. The quantitative estimate of drug-likeness (QED) is 0.582. The molecular formula is C14H20Zr. The van der Waals surface area contributed by atoms with Crippen molar-refractivity contribution in [2.45, 2.75) is 34.1 Å². The Labute approximate surface area is 116 Å². The summed E-state index contributed by atoms with van der Waals surface area (Å²) in [5.74, 6) is 0.560. The molecule has 0 aliphatic heterocycles. The minimum absolute atomic E-state index is 0. The van der Waals surface area contributed by atoms with Gasteiger partial charge in [-0.05, 0) is 0 Å². The van der Waals surface area contributed by atoms with E-state index in [4.69, 9.17) is 0 Å². The molecule has 15 heavy (non-hydrogen) atoms. The second-order valence-corrected chi connectivity index (χ2v) is 3.80. The van der Waals surface area contributed by atoms with E-state index in [0.29, 0.717) is 5.92 Å². The summed E-state index contributed by atoms with van der Waals surface area (Å²) in [4.78, 5) is 0. The molecule has 0 N–H and O–H groups in total. The van der Waals surface area contributed by atoms with Crippen molar-refractivity contribution in [2.75, 3.05) is 0 Å². The largest absolute Gasteiger partial charge is 4.00 e. The SMILES string of the molecule is CC1=[C-]C(C)C(C)=C1C.[C-]1=CC=CC1.[H-].[H-].[Zr+4]. The predicted molar refractivity (Wildman–Crippen MR) is 63.8 cm³/mol. The molecule has 0 fully saturated rings. The van der Waals surface area contributed by atoms with Gasteiger partial charge in [-0.1, -0.05) is 26.7 Å². The van der Waals surface area contributed by atoms with Crippen LogP contribution < -0.4 is 0 Å². The van der Waals surface area contributed by atoms with Crippen molar-refractivity contribution in [3.05, 3.63) is 47.1 Å². The van der Waals surface area contributed by atoms with Gasteiger partial charge in [-0.2, -0.15) is 17.2 Å². The zero-order chi connectivity index (χ0) is 10.6. The molecular weight excluding hydrogens is 259 g/mol. The Hall–Kier alpha value is -0.157. The molecule has 80 valence electrons. The topological polar surface area (TPSA) is 0 Å². The first kappa shape index (κ1) is 14.8. The van der Waals surface area contributed by atoms with Crippen molar-refractivity contribution >= 4 is 0 Å². The first-order chi connectivity index (χ1) is 6.63. The Morgan fingerprint density at radius 2 is 2.00 bits per heavy atom. The van der Waals surface area contributed by atoms with E-state index >= 15 is 0 Å². The number of hydrogen-bond acceptors (Lipinski definition) is 0. The van der Waals surface area contributed by atoms with Crippen LogP contribution in [0.2, 0.25) is 0 Å². The average Bonchev–Trinajstić information content (AvgIpc) is 2.78. The van der Waals surface area contributed by atoms with Gasteiger partial charge in [0.15, 0.2) is 0 Å². The normalized spacial score (nSPS) is 22.1. The van der Waals surface area contributed by atoms with Crippen LogP contribution in [0.15, 0.2) is 34.9 Å². The number of allylic oxidation sites excluding steroid dienone is 8. The summed E-state index contributed by atoms with van der Waals surface area (Å²) in [5, 5.41) is 0. The van der Waals surface area contributed by atoms with Crippen LogP contribution in [0.3, 0.4) is 0 Å². The molecule has 0 bridgehead atoms. The van der Waals surface area contributed by atoms with Gasteiger partial charge in [0.25, 0.3) is 0 Å². The van der Waals surface area contributed by atoms with Gasteiger partial charge in [-0.25, -0.2) is 17.7 Å². The Kier molecular flexibility index (Phi) is 7.10. The molecule has 0 nitrogen and oxygen atoms in total. The molecule has 0 saturated carbocycles. The molecule has 2 aliphatic rings. The Morgan fingerprint density at radius 1 is 1.33 bits per heavy atom. The van der Waals surface area contributed by atoms with Gasteiger partial charge in [0.2, 0.25) is 0 Å². The molecule has 0 saturated heterocycles. The first-order valence-corrected chi connectivity index (χ1v) is 5.12. The summed E-state index contributed by atoms with van der Waals surface area (Å²) in [6.45, 7) is 8.67. The van der Waals surface area contributed by atoms with Crippen LogP contribution in [0.5, 0.6) is 0 Å². The minimum atomic E-state index is 0. The van der Waals surface area contributed by atoms with E-state index < -0.39 is 0 Å². The molecule has 0 aromatic rings. The van der Waals surface area contributed by atoms with Crippen molar-refractivity contribution < 1.29 is 29.1 Å². The molecule has 1 atom stereocenters. The van der Waals surface area contributed by atoms with Gasteiger partial charge >= 0.3 is 26.2 Å². The van der Waals surface area contributed by atoms with Crippen LogP contribution in [0.25, 0.3) is 0 Å². The summed E-state index contributed by atoms with van der Waals surface area (Å²) in [5.41, 5.74) is 4.25. The smallest absolute Gasteiger partial charge is 1.00 e. The second kappa shape index (κ2) is 7.17. The molecule has 2 aliphatic carbocycles. The maximum atomic E-state index is 3.36. The van der Waals surface area contributed by atoms with E-state index in [2.05, 4.69) is 45.9 Å². The molecule has 1 heteroatoms. The van der Waals surface area contributed by atoms with Crippen LogP contribution in [0, 0.1) is 18.1 Å². The predicted octanol–water partition coefficient (Wildman–Crippen LogP) is 4.25. The Balaban J connectivity index is -0.000000216. The summed E-state index contributed by atoms with van der Waals surface area (Å²) in [6.07, 6.45) is 13.4. The standard InChI is InChI=1S/C9H13.C5H5.Zr.2H/c1-6-5-7(2)9(4)8(6)3;1-2-4-5-3-1;;;/h6H,1-4H3;1-3H,4H2;;;/q2*-1;+4;2*-1. The van der Waals surface area contributed by atoms with Gasteiger partial charge in [0, 0.05) is 0 Å². The van der Waals surface area contributed by atoms with Gasteiger partial charge in [-0.15, -0.1) is 13.3 Å². The van der Waals surface area contributed by atoms with Gasteiger partial charge in [0.05, 0.1) is 0 Å². The third-order valence-electron chi connectivity index (χ3n) is 2.82. The fraction of sp³-hybridized carbons (Fsp3) is 0.429. The summed E-state index contributed by atoms with van der Waals surface area (Å²) < 4.78 is 0. The van der Waals surface area contributed by atoms with Crippen LogP contribution >= 0.6 is 0 Å². The van der Waals surface area contributed by atoms with Crippen LogP contribution in [-0.2, 0) is 26.2 Å². The van der Waals surface area contributed by atoms with Crippen molar-refractivity contribution in [2.24, 2.45) is 5.92 Å². The Bertz CT molecular complexity index is 315. The first-order valence-electron chi connectivity index (χ1n) is 5.12. The molecule has 0 aromatic heterocycles. The number of hydrogen-bond donors (Lipinski definition) is 0. The third kappa shape index (κ3) is 4.47.